The first-order valence-corrected chi connectivity index (χ1v) is 10.8. The number of benzene rings is 2. The molecule has 2 heterocycles. The Balaban J connectivity index is 1.48. The quantitative estimate of drug-likeness (QED) is 0.572. The van der Waals surface area contributed by atoms with Crippen molar-refractivity contribution in [3.05, 3.63) is 70.5 Å². The molecule has 1 saturated heterocycles. The van der Waals surface area contributed by atoms with E-state index in [2.05, 4.69) is 42.5 Å². The standard InChI is InChI=1S/C22H24BrN5O2/c1-30-17-8-6-7-16(13-17)21(27-11-4-5-12-27)14-24-22(29)19-15-28(26-25-19)20-10-3-2-9-18(20)23/h2-3,6-10,13,15,21H,4-5,11-12,14H2,1H3,(H,24,29). The summed E-state index contributed by atoms with van der Waals surface area (Å²) in [6, 6.07) is 15.8. The third-order valence-corrected chi connectivity index (χ3v) is 6.01. The monoisotopic (exact) mass is 469 g/mol. The van der Waals surface area contributed by atoms with Crippen molar-refractivity contribution >= 4 is 21.8 Å². The molecule has 1 unspecified atom stereocenters. The Bertz CT molecular complexity index is 1020. The summed E-state index contributed by atoms with van der Waals surface area (Å²) >= 11 is 3.50. The highest BCUT2D eigenvalue weighted by Crippen LogP contribution is 2.27. The summed E-state index contributed by atoms with van der Waals surface area (Å²) in [4.78, 5) is 15.2. The fraction of sp³-hybridized carbons (Fsp3) is 0.318. The Morgan fingerprint density at radius 1 is 1.20 bits per heavy atom. The second kappa shape index (κ2) is 9.40. The van der Waals surface area contributed by atoms with Gasteiger partial charge in [-0.1, -0.05) is 29.5 Å². The first kappa shape index (κ1) is 20.6. The van der Waals surface area contributed by atoms with Gasteiger partial charge in [-0.15, -0.1) is 5.10 Å². The lowest BCUT2D eigenvalue weighted by molar-refractivity contribution is 0.0933. The van der Waals surface area contributed by atoms with Crippen LogP contribution in [0.1, 0.15) is 34.9 Å². The molecule has 0 aliphatic carbocycles. The highest BCUT2D eigenvalue weighted by Gasteiger charge is 2.25. The molecule has 2 aromatic carbocycles. The van der Waals surface area contributed by atoms with E-state index in [0.29, 0.717) is 6.54 Å². The molecule has 0 saturated carbocycles. The maximum atomic E-state index is 12.8. The summed E-state index contributed by atoms with van der Waals surface area (Å²) in [5, 5.41) is 11.2. The van der Waals surface area contributed by atoms with Gasteiger partial charge in [-0.25, -0.2) is 4.68 Å². The lowest BCUT2D eigenvalue weighted by atomic mass is 10.0. The molecule has 0 bridgehead atoms. The molecule has 1 amide bonds. The van der Waals surface area contributed by atoms with Crippen molar-refractivity contribution < 1.29 is 9.53 Å². The van der Waals surface area contributed by atoms with Gasteiger partial charge in [0.2, 0.25) is 0 Å². The zero-order valence-corrected chi connectivity index (χ0v) is 18.4. The number of hydrogen-bond acceptors (Lipinski definition) is 5. The van der Waals surface area contributed by atoms with E-state index < -0.39 is 0 Å². The number of ether oxygens (including phenoxy) is 1. The van der Waals surface area contributed by atoms with Gasteiger partial charge in [0.05, 0.1) is 25.0 Å². The molecule has 1 aliphatic rings. The summed E-state index contributed by atoms with van der Waals surface area (Å²) in [7, 11) is 1.67. The number of aromatic nitrogens is 3. The minimum Gasteiger partial charge on any atom is -0.497 e. The SMILES string of the molecule is COc1cccc(C(CNC(=O)c2cn(-c3ccccc3Br)nn2)N2CCCC2)c1. The van der Waals surface area contributed by atoms with E-state index in [1.807, 2.05) is 42.5 Å². The fourth-order valence-electron chi connectivity index (χ4n) is 3.76. The number of halogens is 1. The summed E-state index contributed by atoms with van der Waals surface area (Å²) in [5.74, 6) is 0.583. The molecule has 156 valence electrons. The van der Waals surface area contributed by atoms with E-state index >= 15 is 0 Å². The van der Waals surface area contributed by atoms with Crippen LogP contribution < -0.4 is 10.1 Å². The molecule has 1 atom stereocenters. The minimum atomic E-state index is -0.236. The maximum absolute atomic E-state index is 12.8. The predicted molar refractivity (Wildman–Crippen MR) is 118 cm³/mol. The number of likely N-dealkylation sites (tertiary alicyclic amines) is 1. The van der Waals surface area contributed by atoms with E-state index in [-0.39, 0.29) is 17.6 Å². The summed E-state index contributed by atoms with van der Waals surface area (Å²) in [6.07, 6.45) is 4.00. The van der Waals surface area contributed by atoms with Gasteiger partial charge in [0.1, 0.15) is 5.75 Å². The topological polar surface area (TPSA) is 72.3 Å². The Morgan fingerprint density at radius 2 is 2.00 bits per heavy atom. The van der Waals surface area contributed by atoms with Gasteiger partial charge in [-0.05, 0) is 71.7 Å². The average molecular weight is 470 g/mol. The number of para-hydroxylation sites is 1. The smallest absolute Gasteiger partial charge is 0.273 e. The fourth-order valence-corrected chi connectivity index (χ4v) is 4.23. The average Bonchev–Trinajstić information content (AvgIpc) is 3.47. The molecular formula is C22H24BrN5O2. The van der Waals surface area contributed by atoms with Crippen molar-refractivity contribution in [2.75, 3.05) is 26.7 Å². The zero-order chi connectivity index (χ0) is 20.9. The van der Waals surface area contributed by atoms with Crippen LogP contribution in [-0.4, -0.2) is 52.5 Å². The number of methoxy groups -OCH3 is 1. The summed E-state index contributed by atoms with van der Waals surface area (Å²) in [5.41, 5.74) is 2.25. The lowest BCUT2D eigenvalue weighted by Gasteiger charge is -2.28. The third-order valence-electron chi connectivity index (χ3n) is 5.34. The van der Waals surface area contributed by atoms with E-state index in [1.165, 1.54) is 12.8 Å². The highest BCUT2D eigenvalue weighted by molar-refractivity contribution is 9.10. The van der Waals surface area contributed by atoms with Crippen molar-refractivity contribution in [2.45, 2.75) is 18.9 Å². The lowest BCUT2D eigenvalue weighted by Crippen LogP contribution is -2.37. The number of carbonyl (C=O) groups excluding carboxylic acids is 1. The molecule has 3 aromatic rings. The zero-order valence-electron chi connectivity index (χ0n) is 16.8. The van der Waals surface area contributed by atoms with Crippen LogP contribution in [0, 0.1) is 0 Å². The Morgan fingerprint density at radius 3 is 2.77 bits per heavy atom. The first-order chi connectivity index (χ1) is 14.7. The minimum absolute atomic E-state index is 0.0878. The molecule has 1 fully saturated rings. The van der Waals surface area contributed by atoms with Gasteiger partial charge in [0.25, 0.3) is 5.91 Å². The Kier molecular flexibility index (Phi) is 6.44. The van der Waals surface area contributed by atoms with Gasteiger partial charge in [0, 0.05) is 11.0 Å². The van der Waals surface area contributed by atoms with Crippen molar-refractivity contribution in [3.8, 4) is 11.4 Å². The molecule has 0 radical (unpaired) electrons. The highest BCUT2D eigenvalue weighted by atomic mass is 79.9. The van der Waals surface area contributed by atoms with Crippen LogP contribution in [-0.2, 0) is 0 Å². The van der Waals surface area contributed by atoms with Crippen molar-refractivity contribution in [1.29, 1.82) is 0 Å². The Hall–Kier alpha value is -2.71. The third kappa shape index (κ3) is 4.55. The summed E-state index contributed by atoms with van der Waals surface area (Å²) < 4.78 is 7.87. The second-order valence-corrected chi connectivity index (χ2v) is 8.10. The molecule has 0 spiro atoms. The van der Waals surface area contributed by atoms with Gasteiger partial charge in [0.15, 0.2) is 5.69 Å². The van der Waals surface area contributed by atoms with E-state index in [0.717, 1.165) is 34.6 Å². The van der Waals surface area contributed by atoms with Crippen molar-refractivity contribution in [2.24, 2.45) is 0 Å². The number of nitrogens with one attached hydrogen (secondary N) is 1. The van der Waals surface area contributed by atoms with E-state index in [1.54, 1.807) is 18.0 Å². The van der Waals surface area contributed by atoms with Crippen LogP contribution in [0.4, 0.5) is 0 Å². The normalized spacial score (nSPS) is 15.1. The molecule has 1 N–H and O–H groups in total. The van der Waals surface area contributed by atoms with Gasteiger partial charge in [-0.3, -0.25) is 9.69 Å². The van der Waals surface area contributed by atoms with E-state index in [4.69, 9.17) is 4.74 Å². The molecule has 4 rings (SSSR count). The van der Waals surface area contributed by atoms with Gasteiger partial charge < -0.3 is 10.1 Å². The van der Waals surface area contributed by atoms with Crippen molar-refractivity contribution in [3.63, 3.8) is 0 Å². The molecule has 30 heavy (non-hydrogen) atoms. The van der Waals surface area contributed by atoms with Crippen LogP contribution >= 0.6 is 15.9 Å². The number of hydrogen-bond donors (Lipinski definition) is 1. The number of carbonyl (C=O) groups is 1. The van der Waals surface area contributed by atoms with Gasteiger partial charge in [-0.2, -0.15) is 0 Å². The molecule has 1 aromatic heterocycles. The second-order valence-electron chi connectivity index (χ2n) is 7.25. The van der Waals surface area contributed by atoms with Crippen LogP contribution in [0.15, 0.2) is 59.2 Å². The predicted octanol–water partition coefficient (Wildman–Crippen LogP) is 3.61. The van der Waals surface area contributed by atoms with Crippen LogP contribution in [0.3, 0.4) is 0 Å². The number of amides is 1. The molecular weight excluding hydrogens is 446 g/mol. The molecule has 1 aliphatic heterocycles. The van der Waals surface area contributed by atoms with Gasteiger partial charge >= 0.3 is 0 Å². The van der Waals surface area contributed by atoms with E-state index in [9.17, 15) is 4.79 Å². The number of nitrogens with zero attached hydrogens (tertiary/aromatic N) is 4. The molecule has 8 heteroatoms. The largest absolute Gasteiger partial charge is 0.497 e. The first-order valence-electron chi connectivity index (χ1n) is 9.99. The number of rotatable bonds is 7. The molecule has 7 nitrogen and oxygen atoms in total. The Labute approximate surface area is 184 Å². The maximum Gasteiger partial charge on any atom is 0.273 e. The van der Waals surface area contributed by atoms with Crippen LogP contribution in [0.5, 0.6) is 5.75 Å². The van der Waals surface area contributed by atoms with Crippen LogP contribution in [0.2, 0.25) is 0 Å². The summed E-state index contributed by atoms with van der Waals surface area (Å²) in [6.45, 7) is 2.54. The van der Waals surface area contributed by atoms with Crippen molar-refractivity contribution in [1.82, 2.24) is 25.2 Å². The van der Waals surface area contributed by atoms with Crippen LogP contribution in [0.25, 0.3) is 5.69 Å².